The SMILES string of the molecule is CS(=O)(=O)N1CCCN(C(=O)c2c[nH]c(=O)c3ccccc23)CC1. The standard InChI is InChI=1S/C16H19N3O4S/c1-24(22,23)19-8-4-7-18(9-10-19)16(21)14-11-17-15(20)13-6-3-2-5-12(13)14/h2-3,5-6,11H,4,7-10H2,1H3,(H,17,20). The number of benzene rings is 1. The van der Waals surface area contributed by atoms with Crippen LogP contribution >= 0.6 is 0 Å². The minimum atomic E-state index is -3.26. The van der Waals surface area contributed by atoms with E-state index < -0.39 is 10.0 Å². The lowest BCUT2D eigenvalue weighted by Gasteiger charge is -2.21. The van der Waals surface area contributed by atoms with E-state index >= 15 is 0 Å². The van der Waals surface area contributed by atoms with E-state index in [1.165, 1.54) is 16.8 Å². The Labute approximate surface area is 139 Å². The summed E-state index contributed by atoms with van der Waals surface area (Å²) in [6, 6.07) is 6.96. The van der Waals surface area contributed by atoms with Crippen molar-refractivity contribution < 1.29 is 13.2 Å². The number of nitrogens with one attached hydrogen (secondary N) is 1. The molecule has 0 atom stereocenters. The van der Waals surface area contributed by atoms with Gasteiger partial charge in [-0.1, -0.05) is 18.2 Å². The average Bonchev–Trinajstić information content (AvgIpc) is 2.81. The third-order valence-electron chi connectivity index (χ3n) is 4.25. The number of fused-ring (bicyclic) bond motifs is 1. The van der Waals surface area contributed by atoms with Crippen LogP contribution in [-0.4, -0.2) is 60.9 Å². The number of H-pyrrole nitrogens is 1. The molecule has 1 saturated heterocycles. The highest BCUT2D eigenvalue weighted by molar-refractivity contribution is 7.88. The zero-order chi connectivity index (χ0) is 17.3. The van der Waals surface area contributed by atoms with Crippen molar-refractivity contribution in [3.63, 3.8) is 0 Å². The lowest BCUT2D eigenvalue weighted by Crippen LogP contribution is -2.37. The first-order valence-electron chi connectivity index (χ1n) is 7.73. The Kier molecular flexibility index (Phi) is 4.42. The van der Waals surface area contributed by atoms with Crippen molar-refractivity contribution in [3.8, 4) is 0 Å². The van der Waals surface area contributed by atoms with Crippen LogP contribution in [0, 0.1) is 0 Å². The van der Waals surface area contributed by atoms with Crippen LogP contribution < -0.4 is 5.56 Å². The number of carbonyl (C=O) groups excluding carboxylic acids is 1. The van der Waals surface area contributed by atoms with E-state index in [0.29, 0.717) is 42.4 Å². The lowest BCUT2D eigenvalue weighted by molar-refractivity contribution is 0.0766. The molecule has 0 saturated carbocycles. The summed E-state index contributed by atoms with van der Waals surface area (Å²) < 4.78 is 24.8. The molecule has 1 aliphatic rings. The molecule has 2 aromatic rings. The predicted molar refractivity (Wildman–Crippen MR) is 91.5 cm³/mol. The molecule has 1 N–H and O–H groups in total. The van der Waals surface area contributed by atoms with E-state index in [9.17, 15) is 18.0 Å². The summed E-state index contributed by atoms with van der Waals surface area (Å²) in [5.74, 6) is -0.196. The van der Waals surface area contributed by atoms with Crippen LogP contribution in [0.3, 0.4) is 0 Å². The summed E-state index contributed by atoms with van der Waals surface area (Å²) in [5, 5.41) is 1.08. The van der Waals surface area contributed by atoms with Gasteiger partial charge in [0.15, 0.2) is 0 Å². The van der Waals surface area contributed by atoms with Gasteiger partial charge in [0.25, 0.3) is 11.5 Å². The molecule has 8 heteroatoms. The summed E-state index contributed by atoms with van der Waals surface area (Å²) >= 11 is 0. The first-order valence-corrected chi connectivity index (χ1v) is 9.57. The van der Waals surface area contributed by atoms with Crippen LogP contribution in [0.2, 0.25) is 0 Å². The van der Waals surface area contributed by atoms with Gasteiger partial charge in [-0.2, -0.15) is 0 Å². The Morgan fingerprint density at radius 3 is 2.50 bits per heavy atom. The van der Waals surface area contributed by atoms with Crippen LogP contribution in [-0.2, 0) is 10.0 Å². The number of hydrogen-bond acceptors (Lipinski definition) is 4. The molecule has 128 valence electrons. The molecular weight excluding hydrogens is 330 g/mol. The summed E-state index contributed by atoms with van der Waals surface area (Å²) in [5.41, 5.74) is 0.194. The number of aromatic nitrogens is 1. The van der Waals surface area contributed by atoms with Crippen molar-refractivity contribution in [2.24, 2.45) is 0 Å². The largest absolute Gasteiger partial charge is 0.337 e. The predicted octanol–water partition coefficient (Wildman–Crippen LogP) is 0.636. The van der Waals surface area contributed by atoms with E-state index in [1.54, 1.807) is 29.2 Å². The van der Waals surface area contributed by atoms with Crippen molar-refractivity contribution in [2.75, 3.05) is 32.4 Å². The lowest BCUT2D eigenvalue weighted by atomic mass is 10.1. The van der Waals surface area contributed by atoms with Crippen LogP contribution in [0.25, 0.3) is 10.8 Å². The topological polar surface area (TPSA) is 90.6 Å². The van der Waals surface area contributed by atoms with Gasteiger partial charge in [0.05, 0.1) is 11.8 Å². The molecule has 2 heterocycles. The molecule has 3 rings (SSSR count). The molecule has 1 aromatic heterocycles. The molecule has 1 aromatic carbocycles. The minimum absolute atomic E-state index is 0.196. The molecule has 1 aliphatic heterocycles. The molecule has 0 radical (unpaired) electrons. The highest BCUT2D eigenvalue weighted by Crippen LogP contribution is 2.17. The van der Waals surface area contributed by atoms with Gasteiger partial charge >= 0.3 is 0 Å². The number of nitrogens with zero attached hydrogens (tertiary/aromatic N) is 2. The van der Waals surface area contributed by atoms with Gasteiger partial charge < -0.3 is 9.88 Å². The molecule has 0 bridgehead atoms. The van der Waals surface area contributed by atoms with Crippen LogP contribution in [0.1, 0.15) is 16.8 Å². The Balaban J connectivity index is 1.90. The van der Waals surface area contributed by atoms with Crippen molar-refractivity contribution in [1.82, 2.24) is 14.2 Å². The first-order chi connectivity index (χ1) is 11.4. The van der Waals surface area contributed by atoms with E-state index in [0.717, 1.165) is 0 Å². The van der Waals surface area contributed by atoms with Gasteiger partial charge in [-0.15, -0.1) is 0 Å². The first kappa shape index (κ1) is 16.7. The number of pyridine rings is 1. The summed E-state index contributed by atoms with van der Waals surface area (Å²) in [6.45, 7) is 1.51. The Bertz CT molecular complexity index is 936. The summed E-state index contributed by atoms with van der Waals surface area (Å²) in [6.07, 6.45) is 3.20. The van der Waals surface area contributed by atoms with Gasteiger partial charge in [0, 0.05) is 43.1 Å². The monoisotopic (exact) mass is 349 g/mol. The minimum Gasteiger partial charge on any atom is -0.337 e. The maximum absolute atomic E-state index is 12.9. The third-order valence-corrected chi connectivity index (χ3v) is 5.55. The third kappa shape index (κ3) is 3.20. The fourth-order valence-electron chi connectivity index (χ4n) is 2.99. The molecule has 7 nitrogen and oxygen atoms in total. The number of hydrogen-bond donors (Lipinski definition) is 1. The van der Waals surface area contributed by atoms with E-state index in [2.05, 4.69) is 4.98 Å². The molecule has 1 fully saturated rings. The number of rotatable bonds is 2. The maximum atomic E-state index is 12.9. The molecule has 24 heavy (non-hydrogen) atoms. The highest BCUT2D eigenvalue weighted by atomic mass is 32.2. The fourth-order valence-corrected chi connectivity index (χ4v) is 3.86. The smallest absolute Gasteiger partial charge is 0.256 e. The van der Waals surface area contributed by atoms with Crippen molar-refractivity contribution in [2.45, 2.75) is 6.42 Å². The van der Waals surface area contributed by atoms with Crippen LogP contribution in [0.4, 0.5) is 0 Å². The van der Waals surface area contributed by atoms with Crippen molar-refractivity contribution in [1.29, 1.82) is 0 Å². The normalized spacial score (nSPS) is 17.0. The maximum Gasteiger partial charge on any atom is 0.256 e. The second kappa shape index (κ2) is 6.37. The van der Waals surface area contributed by atoms with Gasteiger partial charge in [-0.05, 0) is 12.5 Å². The zero-order valence-electron chi connectivity index (χ0n) is 13.4. The average molecular weight is 349 g/mol. The Morgan fingerprint density at radius 2 is 1.79 bits per heavy atom. The second-order valence-corrected chi connectivity index (χ2v) is 7.87. The highest BCUT2D eigenvalue weighted by Gasteiger charge is 2.25. The van der Waals surface area contributed by atoms with Gasteiger partial charge in [0.1, 0.15) is 0 Å². The number of carbonyl (C=O) groups is 1. The van der Waals surface area contributed by atoms with Gasteiger partial charge in [-0.3, -0.25) is 9.59 Å². The van der Waals surface area contributed by atoms with Crippen LogP contribution in [0.15, 0.2) is 35.3 Å². The molecule has 0 spiro atoms. The Hall–Kier alpha value is -2.19. The zero-order valence-corrected chi connectivity index (χ0v) is 14.2. The Morgan fingerprint density at radius 1 is 1.08 bits per heavy atom. The van der Waals surface area contributed by atoms with Gasteiger partial charge in [-0.25, -0.2) is 12.7 Å². The fraction of sp³-hybridized carbons (Fsp3) is 0.375. The van der Waals surface area contributed by atoms with E-state index in [-0.39, 0.29) is 18.0 Å². The molecule has 1 amide bonds. The molecular formula is C16H19N3O4S. The second-order valence-electron chi connectivity index (χ2n) is 5.88. The van der Waals surface area contributed by atoms with Crippen LogP contribution in [0.5, 0.6) is 0 Å². The number of aromatic amines is 1. The number of amides is 1. The van der Waals surface area contributed by atoms with E-state index in [4.69, 9.17) is 0 Å². The number of sulfonamides is 1. The van der Waals surface area contributed by atoms with E-state index in [1.807, 2.05) is 0 Å². The summed E-state index contributed by atoms with van der Waals surface area (Å²) in [4.78, 5) is 29.0. The molecule has 0 unspecified atom stereocenters. The quantitative estimate of drug-likeness (QED) is 0.861. The van der Waals surface area contributed by atoms with Crippen molar-refractivity contribution in [3.05, 3.63) is 46.4 Å². The van der Waals surface area contributed by atoms with Crippen molar-refractivity contribution >= 4 is 26.7 Å². The van der Waals surface area contributed by atoms with Gasteiger partial charge in [0.2, 0.25) is 10.0 Å². The molecule has 0 aliphatic carbocycles. The summed E-state index contributed by atoms with van der Waals surface area (Å²) in [7, 11) is -3.26.